The van der Waals surface area contributed by atoms with Crippen LogP contribution in [0.2, 0.25) is 18.6 Å². The number of hydrogen-bond donors (Lipinski definition) is 2. The van der Waals surface area contributed by atoms with Gasteiger partial charge in [-0.15, -0.1) is 5.10 Å². The van der Waals surface area contributed by atoms with Crippen molar-refractivity contribution in [2.75, 3.05) is 6.61 Å². The number of nitrogens with zero attached hydrogens (tertiary/aromatic N) is 3. The lowest BCUT2D eigenvalue weighted by Crippen LogP contribution is -2.40. The molecule has 0 amide bonds. The summed E-state index contributed by atoms with van der Waals surface area (Å²) in [6.45, 7) is 6.97. The molecule has 2 heterocycles. The molecule has 0 radical (unpaired) electrons. The maximum Gasteiger partial charge on any atom is 0.188 e. The smallest absolute Gasteiger partial charge is 0.188 e. The minimum Gasteiger partial charge on any atom is -0.432 e. The lowest BCUT2D eigenvalue weighted by molar-refractivity contribution is 0.0245. The molecule has 1 saturated heterocycles. The normalized spacial score (nSPS) is 23.5. The van der Waals surface area contributed by atoms with Crippen LogP contribution in [0.15, 0.2) is 60.8 Å². The van der Waals surface area contributed by atoms with Gasteiger partial charge in [0.1, 0.15) is 0 Å². The number of benzene rings is 2. The van der Waals surface area contributed by atoms with Crippen LogP contribution in [0.4, 0.5) is 0 Å². The van der Waals surface area contributed by atoms with Gasteiger partial charge in [-0.3, -0.25) is 4.68 Å². The average Bonchev–Trinajstić information content (AvgIpc) is 3.42. The van der Waals surface area contributed by atoms with Crippen molar-refractivity contribution in [2.24, 2.45) is 5.92 Å². The Hall–Kier alpha value is -1.59. The zero-order chi connectivity index (χ0) is 25.0. The fraction of sp³-hybridized carbons (Fsp3) is 0.481. The maximum atomic E-state index is 11.1. The summed E-state index contributed by atoms with van der Waals surface area (Å²) in [5.41, 5.74) is 3.30. The van der Waals surface area contributed by atoms with Gasteiger partial charge in [0.25, 0.3) is 0 Å². The van der Waals surface area contributed by atoms with Crippen molar-refractivity contribution >= 4 is 30.9 Å². The van der Waals surface area contributed by atoms with Crippen LogP contribution in [0.3, 0.4) is 0 Å². The predicted octanol–water partition coefficient (Wildman–Crippen LogP) is 5.00. The third-order valence-corrected chi connectivity index (χ3v) is 10.5. The zero-order valence-corrected chi connectivity index (χ0v) is 23.9. The molecular formula is C27H36IN3O3Si. The van der Waals surface area contributed by atoms with E-state index >= 15 is 0 Å². The van der Waals surface area contributed by atoms with E-state index in [1.54, 1.807) is 0 Å². The van der Waals surface area contributed by atoms with E-state index in [4.69, 9.17) is 4.74 Å². The van der Waals surface area contributed by atoms with Crippen LogP contribution in [0, 0.1) is 9.49 Å². The summed E-state index contributed by atoms with van der Waals surface area (Å²) in [4.78, 5) is 11.1. The van der Waals surface area contributed by atoms with Crippen LogP contribution in [-0.4, -0.2) is 52.0 Å². The summed E-state index contributed by atoms with van der Waals surface area (Å²) in [6, 6.07) is 18.6. The molecule has 35 heavy (non-hydrogen) atoms. The molecule has 1 aliphatic heterocycles. The summed E-state index contributed by atoms with van der Waals surface area (Å²) in [5.74, 6) is 0.133. The van der Waals surface area contributed by atoms with Crippen molar-refractivity contribution in [1.29, 1.82) is 0 Å². The molecule has 0 aliphatic carbocycles. The molecule has 2 N–H and O–H groups in total. The van der Waals surface area contributed by atoms with Gasteiger partial charge in [-0.1, -0.05) is 54.6 Å². The molecule has 0 bridgehead atoms. The molecule has 5 atom stereocenters. The standard InChI is InChI=1S/C27H36IN3O3Si/c1-19-25(14-11-20-9-12-22(28)13-10-20)34-26(27(19)35(2,3)33)15-16-31-17-24(29-30-31)23(18-32)21-7-5-4-6-8-21/h4-10,12-13,17,19,23,25-27,32-33H,11,14-16,18H2,1-3H3/t19-,23?,25+,26-,27+/m0/s1. The molecule has 8 heteroatoms. The molecule has 2 aromatic carbocycles. The highest BCUT2D eigenvalue weighted by molar-refractivity contribution is 14.1. The predicted molar refractivity (Wildman–Crippen MR) is 149 cm³/mol. The van der Waals surface area contributed by atoms with E-state index in [1.807, 2.05) is 54.3 Å². The largest absolute Gasteiger partial charge is 0.432 e. The van der Waals surface area contributed by atoms with Gasteiger partial charge < -0.3 is 14.6 Å². The summed E-state index contributed by atoms with van der Waals surface area (Å²) in [6.07, 6.45) is 4.80. The number of aryl methyl sites for hydroxylation is 2. The Morgan fingerprint density at radius 1 is 1.06 bits per heavy atom. The Morgan fingerprint density at radius 2 is 1.77 bits per heavy atom. The first-order chi connectivity index (χ1) is 16.8. The van der Waals surface area contributed by atoms with Crippen molar-refractivity contribution in [3.05, 3.63) is 81.2 Å². The number of aliphatic hydroxyl groups is 1. The maximum absolute atomic E-state index is 11.1. The Balaban J connectivity index is 1.40. The van der Waals surface area contributed by atoms with Crippen molar-refractivity contribution < 1.29 is 14.6 Å². The third-order valence-electron chi connectivity index (χ3n) is 7.29. The minimum atomic E-state index is -2.41. The topological polar surface area (TPSA) is 80.4 Å². The van der Waals surface area contributed by atoms with Crippen molar-refractivity contribution in [2.45, 2.75) is 69.5 Å². The fourth-order valence-corrected chi connectivity index (χ4v) is 8.55. The number of aromatic nitrogens is 3. The molecule has 0 saturated carbocycles. The number of aliphatic hydroxyl groups excluding tert-OH is 1. The van der Waals surface area contributed by atoms with Gasteiger partial charge in [-0.2, -0.15) is 0 Å². The summed E-state index contributed by atoms with van der Waals surface area (Å²) >= 11 is 2.33. The Kier molecular flexibility index (Phi) is 8.80. The molecule has 1 aromatic heterocycles. The quantitative estimate of drug-likeness (QED) is 0.251. The van der Waals surface area contributed by atoms with Crippen LogP contribution in [0.1, 0.15) is 42.5 Å². The van der Waals surface area contributed by atoms with Gasteiger partial charge in [0.05, 0.1) is 30.4 Å². The fourth-order valence-electron chi connectivity index (χ4n) is 5.54. The number of rotatable bonds is 10. The van der Waals surface area contributed by atoms with Gasteiger partial charge in [0.15, 0.2) is 8.32 Å². The first-order valence-electron chi connectivity index (χ1n) is 12.4. The van der Waals surface area contributed by atoms with Crippen LogP contribution >= 0.6 is 22.6 Å². The molecule has 0 spiro atoms. The van der Waals surface area contributed by atoms with Gasteiger partial charge in [0.2, 0.25) is 0 Å². The minimum absolute atomic E-state index is 0.00815. The van der Waals surface area contributed by atoms with Crippen molar-refractivity contribution in [3.8, 4) is 0 Å². The van der Waals surface area contributed by atoms with Crippen molar-refractivity contribution in [1.82, 2.24) is 15.0 Å². The second-order valence-corrected chi connectivity index (χ2v) is 15.5. The summed E-state index contributed by atoms with van der Waals surface area (Å²) in [5, 5.41) is 18.6. The van der Waals surface area contributed by atoms with Crippen molar-refractivity contribution in [3.63, 3.8) is 0 Å². The Morgan fingerprint density at radius 3 is 2.43 bits per heavy atom. The lowest BCUT2D eigenvalue weighted by atomic mass is 9.95. The summed E-state index contributed by atoms with van der Waals surface area (Å²) < 4.78 is 9.69. The first-order valence-corrected chi connectivity index (χ1v) is 16.5. The monoisotopic (exact) mass is 605 g/mol. The number of hydrogen-bond acceptors (Lipinski definition) is 5. The first kappa shape index (κ1) is 26.5. The van der Waals surface area contributed by atoms with Gasteiger partial charge in [-0.25, -0.2) is 0 Å². The zero-order valence-electron chi connectivity index (χ0n) is 20.7. The average molecular weight is 606 g/mol. The molecule has 1 aliphatic rings. The highest BCUT2D eigenvalue weighted by atomic mass is 127. The van der Waals surface area contributed by atoms with Gasteiger partial charge in [-0.05, 0) is 84.1 Å². The number of ether oxygens (including phenoxy) is 1. The van der Waals surface area contributed by atoms with Crippen LogP contribution < -0.4 is 0 Å². The van der Waals surface area contributed by atoms with E-state index in [2.05, 4.69) is 64.1 Å². The SMILES string of the molecule is C[C@@H]1[C@@H]([Si](C)(C)O)[C@H](CCn2cc(C(CO)c3ccccc3)nn2)O[C@@H]1CCc1ccc(I)cc1. The van der Waals surface area contributed by atoms with E-state index in [0.29, 0.717) is 12.5 Å². The van der Waals surface area contributed by atoms with Crippen LogP contribution in [-0.2, 0) is 17.7 Å². The van der Waals surface area contributed by atoms with E-state index in [1.165, 1.54) is 9.13 Å². The molecule has 188 valence electrons. The second-order valence-electron chi connectivity index (χ2n) is 10.3. The van der Waals surface area contributed by atoms with E-state index in [0.717, 1.165) is 30.5 Å². The summed E-state index contributed by atoms with van der Waals surface area (Å²) in [7, 11) is -2.41. The van der Waals surface area contributed by atoms with E-state index in [-0.39, 0.29) is 30.3 Å². The van der Waals surface area contributed by atoms with Crippen LogP contribution in [0.25, 0.3) is 0 Å². The molecule has 6 nitrogen and oxygen atoms in total. The Bertz CT molecular complexity index is 1070. The third kappa shape index (κ3) is 6.59. The molecule has 3 aromatic rings. The molecule has 1 unspecified atom stereocenters. The molecule has 4 rings (SSSR count). The number of halogens is 1. The second kappa shape index (κ2) is 11.6. The Labute approximate surface area is 223 Å². The molecular weight excluding hydrogens is 569 g/mol. The van der Waals surface area contributed by atoms with Gasteiger partial charge in [0, 0.05) is 21.9 Å². The molecule has 1 fully saturated rings. The van der Waals surface area contributed by atoms with Gasteiger partial charge >= 0.3 is 0 Å². The van der Waals surface area contributed by atoms with E-state index < -0.39 is 8.32 Å². The van der Waals surface area contributed by atoms with E-state index in [9.17, 15) is 9.90 Å². The highest BCUT2D eigenvalue weighted by Gasteiger charge is 2.49. The highest BCUT2D eigenvalue weighted by Crippen LogP contribution is 2.45. The lowest BCUT2D eigenvalue weighted by Gasteiger charge is -2.30. The van der Waals surface area contributed by atoms with Crippen LogP contribution in [0.5, 0.6) is 0 Å².